The summed E-state index contributed by atoms with van der Waals surface area (Å²) in [5, 5.41) is 17.9. The molecule has 1 aromatic heterocycles. The number of hydrogen-bond acceptors (Lipinski definition) is 15. The van der Waals surface area contributed by atoms with Crippen LogP contribution in [0.5, 0.6) is 0 Å². The van der Waals surface area contributed by atoms with Gasteiger partial charge in [-0.1, -0.05) is 5.16 Å². The number of nitro groups is 1. The Labute approximate surface area is 263 Å². The third-order valence-electron chi connectivity index (χ3n) is 5.38. The van der Waals surface area contributed by atoms with Crippen molar-refractivity contribution in [1.82, 2.24) is 14.6 Å². The molecule has 0 aliphatic carbocycles. The minimum atomic E-state index is -5.16. The number of nitrogens with one attached hydrogen (secondary N) is 1. The molecule has 1 fully saturated rings. The maximum absolute atomic E-state index is 13.1. The van der Waals surface area contributed by atoms with E-state index in [1.165, 1.54) is 43.5 Å². The fraction of sp³-hybridized carbons (Fsp3) is 0.333. The normalized spacial score (nSPS) is 16.9. The summed E-state index contributed by atoms with van der Waals surface area (Å²) in [5.74, 6) is -4.73. The van der Waals surface area contributed by atoms with Crippen LogP contribution in [0.15, 0.2) is 34.8 Å². The number of thiazole rings is 1. The number of anilines is 1. The van der Waals surface area contributed by atoms with Crippen molar-refractivity contribution in [2.24, 2.45) is 5.16 Å². The van der Waals surface area contributed by atoms with Gasteiger partial charge in [0.1, 0.15) is 18.3 Å². The van der Waals surface area contributed by atoms with E-state index in [9.17, 15) is 42.3 Å². The van der Waals surface area contributed by atoms with Crippen molar-refractivity contribution < 1.29 is 51.4 Å². The van der Waals surface area contributed by atoms with Crippen LogP contribution in [0.2, 0.25) is 0 Å². The number of nitro benzene ring substituents is 1. The van der Waals surface area contributed by atoms with E-state index >= 15 is 0 Å². The molecule has 18 nitrogen and oxygen atoms in total. The summed E-state index contributed by atoms with van der Waals surface area (Å²) in [6, 6.07) is 1.54. The van der Waals surface area contributed by atoms with E-state index in [0.717, 1.165) is 18.4 Å². The number of β-lactam (4-membered cyclic amide) rings is 1. The first-order chi connectivity index (χ1) is 19.1. The molecular formula is C21H23N6NaO12S2. The van der Waals surface area contributed by atoms with Crippen LogP contribution in [0.1, 0.15) is 25.1 Å². The van der Waals surface area contributed by atoms with Crippen molar-refractivity contribution in [2.45, 2.75) is 38.1 Å². The van der Waals surface area contributed by atoms with Crippen LogP contribution in [0.3, 0.4) is 0 Å². The van der Waals surface area contributed by atoms with Crippen LogP contribution in [0.4, 0.5) is 10.8 Å². The number of carbonyl (C=O) groups is 4. The number of methoxy groups -OCH3 is 1. The third-order valence-corrected chi connectivity index (χ3v) is 6.96. The summed E-state index contributed by atoms with van der Waals surface area (Å²) >= 11 is 0.905. The summed E-state index contributed by atoms with van der Waals surface area (Å²) in [5.41, 5.74) is 3.32. The molecule has 1 aliphatic heterocycles. The topological polar surface area (TPSA) is 260 Å². The van der Waals surface area contributed by atoms with Gasteiger partial charge in [0, 0.05) is 17.5 Å². The Balaban J connectivity index is 0.00000616. The molecule has 21 heteroatoms. The number of aromatic nitrogens is 1. The van der Waals surface area contributed by atoms with Gasteiger partial charge in [0.2, 0.25) is 5.60 Å². The van der Waals surface area contributed by atoms with Gasteiger partial charge in [-0.25, -0.2) is 14.6 Å². The second-order valence-electron chi connectivity index (χ2n) is 8.64. The van der Waals surface area contributed by atoms with Gasteiger partial charge in [-0.2, -0.15) is 12.7 Å². The van der Waals surface area contributed by atoms with Gasteiger partial charge >= 0.3 is 51.8 Å². The van der Waals surface area contributed by atoms with Crippen molar-refractivity contribution >= 4 is 91.5 Å². The van der Waals surface area contributed by atoms with Crippen molar-refractivity contribution in [1.29, 1.82) is 0 Å². The second kappa shape index (κ2) is 13.5. The molecular weight excluding hydrogens is 615 g/mol. The molecule has 42 heavy (non-hydrogen) atoms. The van der Waals surface area contributed by atoms with Crippen molar-refractivity contribution in [3.63, 3.8) is 0 Å². The third kappa shape index (κ3) is 7.77. The molecule has 1 aliphatic rings. The fourth-order valence-electron chi connectivity index (χ4n) is 3.26. The van der Waals surface area contributed by atoms with E-state index in [1.54, 1.807) is 0 Å². The van der Waals surface area contributed by atoms with Gasteiger partial charge in [-0.05, 0) is 31.5 Å². The summed E-state index contributed by atoms with van der Waals surface area (Å²) in [4.78, 5) is 69.5. The molecule has 2 aromatic rings. The first-order valence-corrected chi connectivity index (χ1v) is 13.4. The van der Waals surface area contributed by atoms with Crippen LogP contribution in [0, 0.1) is 10.1 Å². The molecule has 0 saturated carbocycles. The van der Waals surface area contributed by atoms with Crippen LogP contribution in [-0.2, 0) is 50.4 Å². The van der Waals surface area contributed by atoms with E-state index in [2.05, 4.69) is 20.2 Å². The predicted octanol–water partition coefficient (Wildman–Crippen LogP) is -1.10. The molecule has 0 bridgehead atoms. The number of nitrogens with zero attached hydrogens (tertiary/aromatic N) is 4. The zero-order chi connectivity index (χ0) is 30.7. The SMILES string of the molecule is COC(=O)C1C(NC(=O)/C(=N/OC(C)(C)C(=O)OCc2ccc([N+](=O)[O-])cc2)c2csc(N)n2)C(=O)N1S(=O)(=O)O.[NaH]. The average Bonchev–Trinajstić information content (AvgIpc) is 3.33. The van der Waals surface area contributed by atoms with Crippen LogP contribution < -0.4 is 11.1 Å². The maximum atomic E-state index is 13.1. The zero-order valence-corrected chi connectivity index (χ0v) is 23.0. The molecule has 0 spiro atoms. The van der Waals surface area contributed by atoms with Crippen LogP contribution in [0.25, 0.3) is 0 Å². The average molecular weight is 639 g/mol. The molecule has 1 aromatic carbocycles. The Morgan fingerprint density at radius 3 is 2.40 bits per heavy atom. The Bertz CT molecular complexity index is 1530. The molecule has 1 saturated heterocycles. The fourth-order valence-corrected chi connectivity index (χ4v) is 4.64. The Morgan fingerprint density at radius 1 is 1.29 bits per heavy atom. The Hall–Kier alpha value is -3.69. The zero-order valence-electron chi connectivity index (χ0n) is 21.4. The van der Waals surface area contributed by atoms with E-state index < -0.39 is 62.4 Å². The standard InChI is InChI=1S/C21H22N6O12S2.Na.H/c1-21(2,19(31)38-8-10-4-6-11(7-5-10)27(32)33)39-25-13(12-9-40-20(22)23-12)16(28)24-14-15(18(30)37-3)26(17(14)29)41(34,35)36;;/h4-7,9,14-15H,8H2,1-3H3,(H2,22,23)(H,24,28)(H,34,35,36);;/b25-13+;;. The Kier molecular flexibility index (Phi) is 11.1. The summed E-state index contributed by atoms with van der Waals surface area (Å²) in [6.45, 7) is 2.24. The molecule has 4 N–H and O–H groups in total. The number of amides is 2. The molecule has 0 radical (unpaired) electrons. The number of nitrogen functional groups attached to an aromatic ring is 1. The predicted molar refractivity (Wildman–Crippen MR) is 144 cm³/mol. The molecule has 2 atom stereocenters. The first-order valence-electron chi connectivity index (χ1n) is 11.1. The molecule has 3 rings (SSSR count). The summed E-state index contributed by atoms with van der Waals surface area (Å²) < 4.78 is 41.7. The van der Waals surface area contributed by atoms with E-state index in [-0.39, 0.29) is 57.0 Å². The molecule has 2 amide bonds. The van der Waals surface area contributed by atoms with Gasteiger partial charge in [0.15, 0.2) is 16.9 Å². The van der Waals surface area contributed by atoms with Crippen molar-refractivity contribution in [3.05, 3.63) is 51.0 Å². The van der Waals surface area contributed by atoms with E-state index in [1.807, 2.05) is 0 Å². The number of carbonyl (C=O) groups excluding carboxylic acids is 4. The van der Waals surface area contributed by atoms with Gasteiger partial charge < -0.3 is 25.4 Å². The van der Waals surface area contributed by atoms with Crippen molar-refractivity contribution in [3.8, 4) is 0 Å². The minimum absolute atomic E-state index is 0. The molecule has 2 unspecified atom stereocenters. The van der Waals surface area contributed by atoms with Gasteiger partial charge in [-0.15, -0.1) is 11.3 Å². The summed E-state index contributed by atoms with van der Waals surface area (Å²) in [6.07, 6.45) is 0. The van der Waals surface area contributed by atoms with E-state index in [4.69, 9.17) is 15.3 Å². The van der Waals surface area contributed by atoms with Gasteiger partial charge in [-0.3, -0.25) is 24.3 Å². The van der Waals surface area contributed by atoms with Gasteiger partial charge in [0.25, 0.3) is 17.5 Å². The number of ether oxygens (including phenoxy) is 2. The number of benzene rings is 1. The number of nitrogens with two attached hydrogens (primary N) is 1. The van der Waals surface area contributed by atoms with Crippen LogP contribution in [-0.4, -0.2) is 111 Å². The number of oxime groups is 1. The monoisotopic (exact) mass is 638 g/mol. The quantitative estimate of drug-likeness (QED) is 0.0502. The van der Waals surface area contributed by atoms with E-state index in [0.29, 0.717) is 5.56 Å². The summed E-state index contributed by atoms with van der Waals surface area (Å²) in [7, 11) is -4.26. The number of rotatable bonds is 11. The molecule has 222 valence electrons. The number of non-ortho nitro benzene ring substituents is 1. The van der Waals surface area contributed by atoms with Crippen LogP contribution >= 0.6 is 11.3 Å². The second-order valence-corrected chi connectivity index (χ2v) is 10.8. The number of esters is 2. The van der Waals surface area contributed by atoms with Crippen molar-refractivity contribution in [2.75, 3.05) is 12.8 Å². The van der Waals surface area contributed by atoms with Gasteiger partial charge in [0.05, 0.1) is 12.0 Å². The first kappa shape index (κ1) is 34.5. The molecule has 2 heterocycles. The Morgan fingerprint density at radius 2 is 1.90 bits per heavy atom. The number of hydrogen-bond donors (Lipinski definition) is 3.